The Morgan fingerprint density at radius 2 is 1.71 bits per heavy atom. The van der Waals surface area contributed by atoms with Crippen LogP contribution < -0.4 is 20.7 Å². The summed E-state index contributed by atoms with van der Waals surface area (Å²) in [5, 5.41) is 15.5. The summed E-state index contributed by atoms with van der Waals surface area (Å²) in [6.07, 6.45) is 0.827. The topological polar surface area (TPSA) is 112 Å². The van der Waals surface area contributed by atoms with Crippen molar-refractivity contribution in [2.75, 3.05) is 33.7 Å². The molecule has 0 atom stereocenters. The Bertz CT molecular complexity index is 910. The SMILES string of the molecule is CNc1ccc(SN)c(OC)c1.CO.COCc1cc(C=O)ccc1B1OC(C)(C)C(C)(C)O1. The van der Waals surface area contributed by atoms with Crippen LogP contribution in [0.15, 0.2) is 41.3 Å². The Morgan fingerprint density at radius 1 is 1.09 bits per heavy atom. The fourth-order valence-electron chi connectivity index (χ4n) is 3.10. The van der Waals surface area contributed by atoms with E-state index in [2.05, 4.69) is 5.32 Å². The van der Waals surface area contributed by atoms with Gasteiger partial charge in [0.25, 0.3) is 0 Å². The molecule has 0 amide bonds. The smallest absolute Gasteiger partial charge is 0.495 e. The van der Waals surface area contributed by atoms with Gasteiger partial charge in [-0.25, -0.2) is 0 Å². The number of hydrogen-bond acceptors (Lipinski definition) is 9. The Hall–Kier alpha value is -2.08. The zero-order chi connectivity index (χ0) is 25.9. The maximum atomic E-state index is 10.9. The number of aliphatic hydroxyl groups is 1. The van der Waals surface area contributed by atoms with Crippen molar-refractivity contribution in [2.24, 2.45) is 5.14 Å². The minimum Gasteiger partial charge on any atom is -0.495 e. The lowest BCUT2D eigenvalue weighted by Gasteiger charge is -2.32. The van der Waals surface area contributed by atoms with E-state index in [-0.39, 0.29) is 11.2 Å². The Labute approximate surface area is 207 Å². The van der Waals surface area contributed by atoms with Crippen molar-refractivity contribution in [3.8, 4) is 5.75 Å². The van der Waals surface area contributed by atoms with E-state index in [1.54, 1.807) is 20.3 Å². The number of anilines is 1. The molecule has 34 heavy (non-hydrogen) atoms. The van der Waals surface area contributed by atoms with E-state index in [4.69, 9.17) is 29.0 Å². The monoisotopic (exact) mass is 492 g/mol. The van der Waals surface area contributed by atoms with Crippen LogP contribution in [0.1, 0.15) is 43.6 Å². The Morgan fingerprint density at radius 3 is 2.18 bits per heavy atom. The molecule has 2 aromatic rings. The van der Waals surface area contributed by atoms with Crippen LogP contribution in [0.3, 0.4) is 0 Å². The van der Waals surface area contributed by atoms with Crippen LogP contribution in [0.5, 0.6) is 5.75 Å². The van der Waals surface area contributed by atoms with E-state index < -0.39 is 7.12 Å². The molecule has 188 valence electrons. The van der Waals surface area contributed by atoms with Crippen LogP contribution >= 0.6 is 11.9 Å². The number of aliphatic hydroxyl groups excluding tert-OH is 1. The van der Waals surface area contributed by atoms with E-state index in [9.17, 15) is 4.79 Å². The number of hydrogen-bond donors (Lipinski definition) is 3. The van der Waals surface area contributed by atoms with Gasteiger partial charge >= 0.3 is 7.12 Å². The van der Waals surface area contributed by atoms with E-state index in [0.29, 0.717) is 12.2 Å². The minimum atomic E-state index is -0.439. The molecule has 0 saturated carbocycles. The maximum absolute atomic E-state index is 10.9. The summed E-state index contributed by atoms with van der Waals surface area (Å²) in [5.41, 5.74) is 2.70. The standard InChI is InChI=1S/C15H21BO4.C8H12N2OS.CH4O/c1-14(2)15(3,4)20-16(19-14)13-7-6-11(9-17)8-12(13)10-18-5;1-10-6-3-4-8(12-9)7(5-6)11-2;1-2/h6-9H,10H2,1-5H3;3-5,10H,9H2,1-2H3;2H,1H3. The third kappa shape index (κ3) is 7.46. The molecule has 0 radical (unpaired) electrons. The summed E-state index contributed by atoms with van der Waals surface area (Å²) in [7, 11) is 5.69. The molecule has 1 fully saturated rings. The molecule has 0 aromatic heterocycles. The average molecular weight is 492 g/mol. The molecule has 1 heterocycles. The van der Waals surface area contributed by atoms with Crippen molar-refractivity contribution in [1.82, 2.24) is 0 Å². The minimum absolute atomic E-state index is 0.384. The zero-order valence-electron chi connectivity index (χ0n) is 21.3. The summed E-state index contributed by atoms with van der Waals surface area (Å²) in [5.74, 6) is 0.800. The number of nitrogens with one attached hydrogen (secondary N) is 1. The Balaban J connectivity index is 0.000000353. The third-order valence-corrected chi connectivity index (χ3v) is 6.28. The van der Waals surface area contributed by atoms with Crippen LogP contribution in [-0.2, 0) is 20.7 Å². The number of aldehydes is 1. The van der Waals surface area contributed by atoms with Gasteiger partial charge < -0.3 is 29.2 Å². The highest BCUT2D eigenvalue weighted by atomic mass is 32.2. The molecule has 1 aliphatic rings. The molecule has 0 unspecified atom stereocenters. The van der Waals surface area contributed by atoms with Crippen LogP contribution in [0.4, 0.5) is 5.69 Å². The first-order chi connectivity index (χ1) is 16.1. The molecular weight excluding hydrogens is 455 g/mol. The highest BCUT2D eigenvalue weighted by Crippen LogP contribution is 2.36. The van der Waals surface area contributed by atoms with Crippen molar-refractivity contribution < 1.29 is 28.7 Å². The fourth-order valence-corrected chi connectivity index (χ4v) is 3.50. The summed E-state index contributed by atoms with van der Waals surface area (Å²) >= 11 is 1.19. The highest BCUT2D eigenvalue weighted by Gasteiger charge is 2.52. The molecule has 1 aliphatic heterocycles. The van der Waals surface area contributed by atoms with Crippen LogP contribution in [0, 0.1) is 0 Å². The maximum Gasteiger partial charge on any atom is 0.495 e. The number of nitrogens with two attached hydrogens (primary N) is 1. The summed E-state index contributed by atoms with van der Waals surface area (Å²) in [6, 6.07) is 11.3. The van der Waals surface area contributed by atoms with E-state index in [1.807, 2.05) is 65.1 Å². The quantitative estimate of drug-likeness (QED) is 0.305. The van der Waals surface area contributed by atoms with Gasteiger partial charge in [0.15, 0.2) is 0 Å². The van der Waals surface area contributed by atoms with Gasteiger partial charge in [0.2, 0.25) is 0 Å². The van der Waals surface area contributed by atoms with Gasteiger partial charge in [-0.1, -0.05) is 12.1 Å². The normalized spacial score (nSPS) is 15.4. The molecule has 0 spiro atoms. The van der Waals surface area contributed by atoms with Crippen molar-refractivity contribution in [2.45, 2.75) is 50.4 Å². The Kier molecular flexibility index (Phi) is 12.1. The average Bonchev–Trinajstić information content (AvgIpc) is 3.06. The second-order valence-corrected chi connectivity index (χ2v) is 9.01. The fraction of sp³-hybridized carbons (Fsp3) is 0.458. The molecule has 8 nitrogen and oxygen atoms in total. The van der Waals surface area contributed by atoms with Crippen molar-refractivity contribution in [3.05, 3.63) is 47.5 Å². The highest BCUT2D eigenvalue weighted by molar-refractivity contribution is 7.97. The lowest BCUT2D eigenvalue weighted by molar-refractivity contribution is 0.00578. The number of ether oxygens (including phenoxy) is 2. The van der Waals surface area contributed by atoms with Gasteiger partial charge in [0.1, 0.15) is 12.0 Å². The van der Waals surface area contributed by atoms with Gasteiger partial charge in [-0.3, -0.25) is 9.93 Å². The number of carbonyl (C=O) groups excluding carboxylic acids is 1. The summed E-state index contributed by atoms with van der Waals surface area (Å²) < 4.78 is 22.4. The van der Waals surface area contributed by atoms with Gasteiger partial charge in [0, 0.05) is 38.6 Å². The van der Waals surface area contributed by atoms with E-state index >= 15 is 0 Å². The molecule has 10 heteroatoms. The number of rotatable bonds is 7. The molecule has 0 aliphatic carbocycles. The third-order valence-electron chi connectivity index (χ3n) is 5.69. The zero-order valence-corrected chi connectivity index (χ0v) is 22.1. The molecule has 4 N–H and O–H groups in total. The molecule has 2 aromatic carbocycles. The van der Waals surface area contributed by atoms with Gasteiger partial charge in [-0.15, -0.1) is 0 Å². The lowest BCUT2D eigenvalue weighted by Crippen LogP contribution is -2.41. The van der Waals surface area contributed by atoms with Crippen LogP contribution in [-0.4, -0.2) is 58.1 Å². The number of carbonyl (C=O) groups is 1. The molecule has 0 bridgehead atoms. The first-order valence-corrected chi connectivity index (χ1v) is 11.6. The largest absolute Gasteiger partial charge is 0.495 e. The van der Waals surface area contributed by atoms with E-state index in [1.165, 1.54) is 11.9 Å². The van der Waals surface area contributed by atoms with Gasteiger partial charge in [-0.05, 0) is 68.9 Å². The van der Waals surface area contributed by atoms with E-state index in [0.717, 1.165) is 40.8 Å². The van der Waals surface area contributed by atoms with Crippen LogP contribution in [0.2, 0.25) is 0 Å². The molecule has 3 rings (SSSR count). The van der Waals surface area contributed by atoms with Crippen LogP contribution in [0.25, 0.3) is 0 Å². The second-order valence-electron chi connectivity index (χ2n) is 8.33. The lowest BCUT2D eigenvalue weighted by atomic mass is 9.75. The van der Waals surface area contributed by atoms with Crippen molar-refractivity contribution in [1.29, 1.82) is 0 Å². The number of benzene rings is 2. The van der Waals surface area contributed by atoms with Crippen molar-refractivity contribution in [3.63, 3.8) is 0 Å². The molecular formula is C24H37BN2O6S. The van der Waals surface area contributed by atoms with Gasteiger partial charge in [0.05, 0.1) is 29.8 Å². The second kappa shape index (κ2) is 13.7. The summed E-state index contributed by atoms with van der Waals surface area (Å²) in [4.78, 5) is 11.8. The predicted octanol–water partition coefficient (Wildman–Crippen LogP) is 3.26. The predicted molar refractivity (Wildman–Crippen MR) is 139 cm³/mol. The number of methoxy groups -OCH3 is 2. The van der Waals surface area contributed by atoms with Gasteiger partial charge in [-0.2, -0.15) is 0 Å². The molecule has 1 saturated heterocycles. The summed E-state index contributed by atoms with van der Waals surface area (Å²) in [6.45, 7) is 8.48. The van der Waals surface area contributed by atoms with Crippen molar-refractivity contribution >= 4 is 36.5 Å². The first-order valence-electron chi connectivity index (χ1n) is 10.7. The first kappa shape index (κ1) is 30.0.